The maximum Gasteiger partial charge on any atom is 0.337 e. The number of nitrogens with one attached hydrogen (secondary N) is 3. The minimum atomic E-state index is -0.431. The Morgan fingerprint density at radius 1 is 1.03 bits per heavy atom. The number of aromatic nitrogens is 2. The van der Waals surface area contributed by atoms with E-state index in [1.165, 1.54) is 19.5 Å². The first-order chi connectivity index (χ1) is 14.0. The molecule has 0 fully saturated rings. The first kappa shape index (κ1) is 19.9. The average Bonchev–Trinajstić information content (AvgIpc) is 2.74. The number of anilines is 4. The Morgan fingerprint density at radius 3 is 2.45 bits per heavy atom. The van der Waals surface area contributed by atoms with E-state index in [4.69, 9.17) is 17.3 Å². The van der Waals surface area contributed by atoms with Crippen molar-refractivity contribution in [1.82, 2.24) is 15.4 Å². The predicted molar refractivity (Wildman–Crippen MR) is 110 cm³/mol. The van der Waals surface area contributed by atoms with E-state index in [1.807, 2.05) is 0 Å². The van der Waals surface area contributed by atoms with Gasteiger partial charge in [-0.1, -0.05) is 17.7 Å². The van der Waals surface area contributed by atoms with Gasteiger partial charge < -0.3 is 15.8 Å². The Kier molecular flexibility index (Phi) is 6.10. The van der Waals surface area contributed by atoms with Crippen LogP contribution < -0.4 is 21.9 Å². The van der Waals surface area contributed by atoms with Gasteiger partial charge in [-0.15, -0.1) is 0 Å². The molecule has 0 spiro atoms. The number of halogens is 1. The van der Waals surface area contributed by atoms with Crippen molar-refractivity contribution in [2.45, 2.75) is 0 Å². The number of hydrogen-bond acceptors (Lipinski definition) is 8. The summed E-state index contributed by atoms with van der Waals surface area (Å²) in [6.07, 6.45) is 1.29. The summed E-state index contributed by atoms with van der Waals surface area (Å²) in [5.41, 5.74) is 12.9. The number of nitrogen functional groups attached to an aromatic ring is 1. The van der Waals surface area contributed by atoms with E-state index in [2.05, 4.69) is 30.9 Å². The van der Waals surface area contributed by atoms with Gasteiger partial charge in [0.1, 0.15) is 12.0 Å². The molecule has 0 bridgehead atoms. The van der Waals surface area contributed by atoms with E-state index in [1.54, 1.807) is 42.5 Å². The lowest BCUT2D eigenvalue weighted by Gasteiger charge is -2.13. The predicted octanol–water partition coefficient (Wildman–Crippen LogP) is 3.00. The van der Waals surface area contributed by atoms with Gasteiger partial charge in [-0.3, -0.25) is 15.6 Å². The molecular formula is C19H17ClN6O3. The fourth-order valence-electron chi connectivity index (χ4n) is 2.36. The monoisotopic (exact) mass is 412 g/mol. The molecule has 29 heavy (non-hydrogen) atoms. The topological polar surface area (TPSA) is 131 Å². The van der Waals surface area contributed by atoms with Crippen LogP contribution >= 0.6 is 11.6 Å². The van der Waals surface area contributed by atoms with E-state index in [0.717, 1.165) is 0 Å². The molecule has 0 saturated heterocycles. The van der Waals surface area contributed by atoms with Gasteiger partial charge in [0.05, 0.1) is 12.7 Å². The number of nitrogens with zero attached hydrogens (tertiary/aromatic N) is 2. The number of amides is 1. The second kappa shape index (κ2) is 8.89. The minimum Gasteiger partial charge on any atom is -0.465 e. The number of rotatable bonds is 6. The first-order valence-electron chi connectivity index (χ1n) is 8.35. The summed E-state index contributed by atoms with van der Waals surface area (Å²) in [6.45, 7) is 0. The lowest BCUT2D eigenvalue weighted by Crippen LogP contribution is -2.30. The molecule has 0 unspecified atom stereocenters. The van der Waals surface area contributed by atoms with Crippen LogP contribution in [0.2, 0.25) is 5.02 Å². The molecule has 3 aromatic rings. The number of carbonyl (C=O) groups excluding carboxylic acids is 2. The lowest BCUT2D eigenvalue weighted by atomic mass is 10.2. The van der Waals surface area contributed by atoms with Gasteiger partial charge in [-0.2, -0.15) is 0 Å². The van der Waals surface area contributed by atoms with E-state index >= 15 is 0 Å². The minimum absolute atomic E-state index is 0.191. The van der Waals surface area contributed by atoms with Gasteiger partial charge in [-0.05, 0) is 42.5 Å². The highest BCUT2D eigenvalue weighted by molar-refractivity contribution is 6.30. The quantitative estimate of drug-likeness (QED) is 0.359. The molecule has 1 heterocycles. The van der Waals surface area contributed by atoms with E-state index in [0.29, 0.717) is 27.7 Å². The van der Waals surface area contributed by atoms with Gasteiger partial charge in [0.15, 0.2) is 11.6 Å². The van der Waals surface area contributed by atoms with Crippen LogP contribution in [0, 0.1) is 0 Å². The number of carbonyl (C=O) groups is 2. The van der Waals surface area contributed by atoms with Crippen molar-refractivity contribution in [3.8, 4) is 0 Å². The molecule has 0 aliphatic rings. The van der Waals surface area contributed by atoms with Crippen LogP contribution in [0.25, 0.3) is 0 Å². The third-order valence-electron chi connectivity index (χ3n) is 3.83. The molecule has 5 N–H and O–H groups in total. The second-order valence-corrected chi connectivity index (χ2v) is 6.20. The van der Waals surface area contributed by atoms with Crippen molar-refractivity contribution in [1.29, 1.82) is 0 Å². The van der Waals surface area contributed by atoms with E-state index in [-0.39, 0.29) is 11.5 Å². The average molecular weight is 413 g/mol. The van der Waals surface area contributed by atoms with Gasteiger partial charge in [-0.25, -0.2) is 14.8 Å². The van der Waals surface area contributed by atoms with Crippen LogP contribution in [0.5, 0.6) is 0 Å². The van der Waals surface area contributed by atoms with Crippen LogP contribution in [0.1, 0.15) is 20.7 Å². The van der Waals surface area contributed by atoms with Crippen molar-refractivity contribution >= 4 is 46.5 Å². The number of hydrogen-bond donors (Lipinski definition) is 4. The zero-order chi connectivity index (χ0) is 20.8. The molecule has 0 aliphatic heterocycles. The van der Waals surface area contributed by atoms with E-state index < -0.39 is 11.9 Å². The third kappa shape index (κ3) is 4.90. The van der Waals surface area contributed by atoms with Crippen molar-refractivity contribution in [2.75, 3.05) is 23.6 Å². The van der Waals surface area contributed by atoms with Crippen molar-refractivity contribution in [2.24, 2.45) is 0 Å². The molecule has 0 aliphatic carbocycles. The number of nitrogens with two attached hydrogens (primary N) is 1. The summed E-state index contributed by atoms with van der Waals surface area (Å²) in [5, 5.41) is 3.47. The third-order valence-corrected chi connectivity index (χ3v) is 4.07. The number of esters is 1. The maximum absolute atomic E-state index is 12.2. The highest BCUT2D eigenvalue weighted by Gasteiger charge is 2.11. The molecule has 0 radical (unpaired) electrons. The molecule has 0 saturated carbocycles. The van der Waals surface area contributed by atoms with Crippen LogP contribution in [0.15, 0.2) is 54.9 Å². The van der Waals surface area contributed by atoms with Gasteiger partial charge >= 0.3 is 5.97 Å². The number of ether oxygens (including phenoxy) is 1. The van der Waals surface area contributed by atoms with Crippen LogP contribution in [-0.4, -0.2) is 29.0 Å². The van der Waals surface area contributed by atoms with Gasteiger partial charge in [0.25, 0.3) is 5.91 Å². The largest absolute Gasteiger partial charge is 0.465 e. The fraction of sp³-hybridized carbons (Fsp3) is 0.0526. The summed E-state index contributed by atoms with van der Waals surface area (Å²) < 4.78 is 4.66. The van der Waals surface area contributed by atoms with Crippen LogP contribution in [-0.2, 0) is 4.74 Å². The summed E-state index contributed by atoms with van der Waals surface area (Å²) in [4.78, 5) is 31.8. The Balaban J connectivity index is 1.69. The molecular weight excluding hydrogens is 396 g/mol. The van der Waals surface area contributed by atoms with Crippen molar-refractivity contribution < 1.29 is 14.3 Å². The van der Waals surface area contributed by atoms with Gasteiger partial charge in [0, 0.05) is 16.3 Å². The number of benzene rings is 2. The van der Waals surface area contributed by atoms with Crippen LogP contribution in [0.4, 0.5) is 23.0 Å². The summed E-state index contributed by atoms with van der Waals surface area (Å²) >= 11 is 5.89. The summed E-state index contributed by atoms with van der Waals surface area (Å²) in [5.74, 6) is -0.298. The standard InChI is InChI=1S/C19H17ClN6O3/c1-29-19(28)11-5-7-14(8-6-11)24-16-15(21)17(23-10-22-16)25-26-18(27)12-3-2-4-13(20)9-12/h2-10H,21H2,1H3,(H,26,27)(H2,22,23,24,25). The zero-order valence-electron chi connectivity index (χ0n) is 15.3. The second-order valence-electron chi connectivity index (χ2n) is 5.77. The van der Waals surface area contributed by atoms with E-state index in [9.17, 15) is 9.59 Å². The van der Waals surface area contributed by atoms with Crippen molar-refractivity contribution in [3.63, 3.8) is 0 Å². The SMILES string of the molecule is COC(=O)c1ccc(Nc2ncnc(NNC(=O)c3cccc(Cl)c3)c2N)cc1. The summed E-state index contributed by atoms with van der Waals surface area (Å²) in [6, 6.07) is 13.1. The zero-order valence-corrected chi connectivity index (χ0v) is 16.0. The smallest absolute Gasteiger partial charge is 0.337 e. The maximum atomic E-state index is 12.2. The number of methoxy groups -OCH3 is 1. The Labute approximate surface area is 171 Å². The normalized spacial score (nSPS) is 10.1. The summed E-state index contributed by atoms with van der Waals surface area (Å²) in [7, 11) is 1.32. The highest BCUT2D eigenvalue weighted by Crippen LogP contribution is 2.25. The number of hydrazine groups is 1. The molecule has 148 valence electrons. The first-order valence-corrected chi connectivity index (χ1v) is 8.73. The molecule has 1 aromatic heterocycles. The molecule has 10 heteroatoms. The molecule has 0 atom stereocenters. The van der Waals surface area contributed by atoms with Gasteiger partial charge in [0.2, 0.25) is 0 Å². The van der Waals surface area contributed by atoms with Crippen LogP contribution in [0.3, 0.4) is 0 Å². The molecule has 2 aromatic carbocycles. The molecule has 1 amide bonds. The highest BCUT2D eigenvalue weighted by atomic mass is 35.5. The molecule has 9 nitrogen and oxygen atoms in total. The Bertz CT molecular complexity index is 1040. The Hall–Kier alpha value is -3.85. The molecule has 3 rings (SSSR count). The fourth-order valence-corrected chi connectivity index (χ4v) is 2.55. The van der Waals surface area contributed by atoms with Crippen molar-refractivity contribution in [3.05, 3.63) is 71.0 Å². The lowest BCUT2D eigenvalue weighted by molar-refractivity contribution is 0.0600. The Morgan fingerprint density at radius 2 is 1.76 bits per heavy atom.